The van der Waals surface area contributed by atoms with E-state index in [-0.39, 0.29) is 22.5 Å². The molecular weight excluding hydrogens is 317 g/mol. The molecule has 1 aromatic rings. The van der Waals surface area contributed by atoms with E-state index in [4.69, 9.17) is 5.11 Å². The predicted molar refractivity (Wildman–Crippen MR) is 70.4 cm³/mol. The van der Waals surface area contributed by atoms with Crippen LogP contribution in [0.1, 0.15) is 23.7 Å². The molecule has 19 heavy (non-hydrogen) atoms. The van der Waals surface area contributed by atoms with Crippen LogP contribution in [0.4, 0.5) is 4.39 Å². The van der Waals surface area contributed by atoms with Gasteiger partial charge in [0.2, 0.25) is 0 Å². The number of carboxylic acid groups (broad SMARTS) is 1. The Morgan fingerprint density at radius 2 is 2.16 bits per heavy atom. The van der Waals surface area contributed by atoms with Crippen molar-refractivity contribution in [2.75, 3.05) is 13.1 Å². The quantitative estimate of drug-likeness (QED) is 0.907. The van der Waals surface area contributed by atoms with Gasteiger partial charge in [0.25, 0.3) is 5.91 Å². The van der Waals surface area contributed by atoms with Crippen molar-refractivity contribution in [3.8, 4) is 0 Å². The molecular formula is C13H13BrFNO3. The van der Waals surface area contributed by atoms with Gasteiger partial charge in [-0.25, -0.2) is 4.39 Å². The zero-order valence-corrected chi connectivity index (χ0v) is 11.9. The molecule has 0 saturated carbocycles. The monoisotopic (exact) mass is 329 g/mol. The molecule has 1 fully saturated rings. The van der Waals surface area contributed by atoms with Crippen LogP contribution in [0.3, 0.4) is 0 Å². The second kappa shape index (κ2) is 4.92. The Balaban J connectivity index is 2.23. The minimum Gasteiger partial charge on any atom is -0.481 e. The molecule has 0 bridgehead atoms. The predicted octanol–water partition coefficient (Wildman–Crippen LogP) is 2.53. The van der Waals surface area contributed by atoms with Crippen molar-refractivity contribution in [3.05, 3.63) is 34.1 Å². The van der Waals surface area contributed by atoms with Crippen molar-refractivity contribution < 1.29 is 19.1 Å². The van der Waals surface area contributed by atoms with Crippen LogP contribution >= 0.6 is 15.9 Å². The Hall–Kier alpha value is -1.43. The largest absolute Gasteiger partial charge is 0.481 e. The number of carboxylic acids is 1. The van der Waals surface area contributed by atoms with E-state index >= 15 is 0 Å². The average molecular weight is 330 g/mol. The van der Waals surface area contributed by atoms with Gasteiger partial charge in [0.05, 0.1) is 15.5 Å². The molecule has 1 saturated heterocycles. The number of rotatable bonds is 2. The summed E-state index contributed by atoms with van der Waals surface area (Å²) in [6.07, 6.45) is 0.404. The third-order valence-corrected chi connectivity index (χ3v) is 4.26. The number of aliphatic carboxylic acids is 1. The van der Waals surface area contributed by atoms with Crippen molar-refractivity contribution in [2.24, 2.45) is 5.41 Å². The smallest absolute Gasteiger partial charge is 0.311 e. The number of likely N-dealkylation sites (tertiary alicyclic amines) is 1. The summed E-state index contributed by atoms with van der Waals surface area (Å²) in [7, 11) is 0. The zero-order valence-electron chi connectivity index (χ0n) is 10.3. The molecule has 1 heterocycles. The summed E-state index contributed by atoms with van der Waals surface area (Å²) in [5.74, 6) is -1.77. The van der Waals surface area contributed by atoms with Crippen molar-refractivity contribution in [3.63, 3.8) is 0 Å². The molecule has 1 atom stereocenters. The lowest BCUT2D eigenvalue weighted by Gasteiger charge is -2.20. The summed E-state index contributed by atoms with van der Waals surface area (Å²) in [5.41, 5.74) is -0.704. The summed E-state index contributed by atoms with van der Waals surface area (Å²) < 4.78 is 13.5. The van der Waals surface area contributed by atoms with Gasteiger partial charge in [0, 0.05) is 13.1 Å². The maximum Gasteiger partial charge on any atom is 0.311 e. The minimum absolute atomic E-state index is 0.115. The van der Waals surface area contributed by atoms with E-state index in [2.05, 4.69) is 15.9 Å². The van der Waals surface area contributed by atoms with Crippen LogP contribution in [-0.2, 0) is 4.79 Å². The van der Waals surface area contributed by atoms with Crippen LogP contribution in [0, 0.1) is 11.2 Å². The fraction of sp³-hybridized carbons (Fsp3) is 0.385. The van der Waals surface area contributed by atoms with Crippen molar-refractivity contribution in [1.29, 1.82) is 0 Å². The molecule has 1 aliphatic rings. The lowest BCUT2D eigenvalue weighted by molar-refractivity contribution is -0.147. The third kappa shape index (κ3) is 2.49. The second-order valence-electron chi connectivity index (χ2n) is 4.94. The minimum atomic E-state index is -0.921. The molecule has 1 N–H and O–H groups in total. The highest BCUT2D eigenvalue weighted by Crippen LogP contribution is 2.32. The lowest BCUT2D eigenvalue weighted by atomic mass is 9.90. The molecule has 2 rings (SSSR count). The summed E-state index contributed by atoms with van der Waals surface area (Å²) in [6, 6.07) is 4.23. The summed E-state index contributed by atoms with van der Waals surface area (Å²) >= 11 is 3.05. The number of halogens is 2. The normalized spacial score (nSPS) is 22.6. The number of amides is 1. The summed E-state index contributed by atoms with van der Waals surface area (Å²) in [5, 5.41) is 9.13. The van der Waals surface area contributed by atoms with Gasteiger partial charge in [-0.15, -0.1) is 0 Å². The number of carbonyl (C=O) groups excluding carboxylic acids is 1. The van der Waals surface area contributed by atoms with Crippen molar-refractivity contribution in [2.45, 2.75) is 13.3 Å². The van der Waals surface area contributed by atoms with Gasteiger partial charge in [-0.1, -0.05) is 6.07 Å². The second-order valence-corrected chi connectivity index (χ2v) is 5.74. The van der Waals surface area contributed by atoms with Crippen LogP contribution in [0.15, 0.2) is 22.7 Å². The Labute approximate surface area is 118 Å². The van der Waals surface area contributed by atoms with Gasteiger partial charge in [-0.3, -0.25) is 9.59 Å². The number of hydrogen-bond acceptors (Lipinski definition) is 2. The molecule has 102 valence electrons. The molecule has 0 aliphatic carbocycles. The Kier molecular flexibility index (Phi) is 3.62. The first kappa shape index (κ1) is 14.0. The molecule has 0 spiro atoms. The van der Waals surface area contributed by atoms with Gasteiger partial charge in [0.1, 0.15) is 5.82 Å². The maximum absolute atomic E-state index is 13.4. The highest BCUT2D eigenvalue weighted by molar-refractivity contribution is 9.10. The first-order valence-electron chi connectivity index (χ1n) is 5.82. The van der Waals surface area contributed by atoms with Gasteiger partial charge in [-0.2, -0.15) is 0 Å². The molecule has 1 aromatic carbocycles. The van der Waals surface area contributed by atoms with Crippen molar-refractivity contribution >= 4 is 27.8 Å². The Bertz CT molecular complexity index is 549. The standard InChI is InChI=1S/C13H13BrFNO3/c1-13(12(18)19)5-6-16(7-13)11(17)8-3-2-4-9(15)10(8)14/h2-4H,5-7H2,1H3,(H,18,19). The first-order chi connectivity index (χ1) is 8.85. The van der Waals surface area contributed by atoms with Gasteiger partial charge >= 0.3 is 5.97 Å². The highest BCUT2D eigenvalue weighted by atomic mass is 79.9. The average Bonchev–Trinajstić information content (AvgIpc) is 2.76. The van der Waals surface area contributed by atoms with E-state index in [1.54, 1.807) is 6.92 Å². The number of benzene rings is 1. The molecule has 1 unspecified atom stereocenters. The molecule has 1 aliphatic heterocycles. The lowest BCUT2D eigenvalue weighted by Crippen LogP contribution is -2.35. The third-order valence-electron chi connectivity index (χ3n) is 3.46. The van der Waals surface area contributed by atoms with E-state index in [1.165, 1.54) is 23.1 Å². The van der Waals surface area contributed by atoms with Gasteiger partial charge < -0.3 is 10.0 Å². The number of hydrogen-bond donors (Lipinski definition) is 1. The Morgan fingerprint density at radius 1 is 1.47 bits per heavy atom. The number of carbonyl (C=O) groups is 2. The fourth-order valence-electron chi connectivity index (χ4n) is 2.15. The highest BCUT2D eigenvalue weighted by Gasteiger charge is 2.42. The molecule has 6 heteroatoms. The first-order valence-corrected chi connectivity index (χ1v) is 6.61. The van der Waals surface area contributed by atoms with Gasteiger partial charge in [-0.05, 0) is 41.4 Å². The summed E-state index contributed by atoms with van der Waals surface area (Å²) in [4.78, 5) is 24.9. The van der Waals surface area contributed by atoms with Crippen LogP contribution in [-0.4, -0.2) is 35.0 Å². The van der Waals surface area contributed by atoms with Gasteiger partial charge in [0.15, 0.2) is 0 Å². The SMILES string of the molecule is CC1(C(=O)O)CCN(C(=O)c2cccc(F)c2Br)C1. The topological polar surface area (TPSA) is 57.6 Å². The summed E-state index contributed by atoms with van der Waals surface area (Å²) in [6.45, 7) is 2.12. The van der Waals surface area contributed by atoms with Crippen LogP contribution < -0.4 is 0 Å². The molecule has 4 nitrogen and oxygen atoms in total. The molecule has 0 aromatic heterocycles. The van der Waals surface area contributed by atoms with E-state index in [9.17, 15) is 14.0 Å². The molecule has 0 radical (unpaired) electrons. The van der Waals surface area contributed by atoms with E-state index in [1.807, 2.05) is 0 Å². The van der Waals surface area contributed by atoms with E-state index in [0.29, 0.717) is 13.0 Å². The fourth-order valence-corrected chi connectivity index (χ4v) is 2.58. The van der Waals surface area contributed by atoms with Crippen LogP contribution in [0.25, 0.3) is 0 Å². The van der Waals surface area contributed by atoms with E-state index in [0.717, 1.165) is 0 Å². The number of nitrogens with zero attached hydrogens (tertiary/aromatic N) is 1. The maximum atomic E-state index is 13.4. The van der Waals surface area contributed by atoms with Crippen LogP contribution in [0.5, 0.6) is 0 Å². The van der Waals surface area contributed by atoms with E-state index < -0.39 is 17.2 Å². The Morgan fingerprint density at radius 3 is 2.74 bits per heavy atom. The van der Waals surface area contributed by atoms with Crippen LogP contribution in [0.2, 0.25) is 0 Å². The molecule has 1 amide bonds. The zero-order chi connectivity index (χ0) is 14.2. The van der Waals surface area contributed by atoms with Crippen molar-refractivity contribution in [1.82, 2.24) is 4.90 Å².